The lowest BCUT2D eigenvalue weighted by molar-refractivity contribution is -0.135. The minimum atomic E-state index is -0.223. The number of aryl methyl sites for hydroxylation is 1. The molecule has 0 aliphatic carbocycles. The maximum atomic E-state index is 13.9. The first-order valence-corrected chi connectivity index (χ1v) is 6.90. The van der Waals surface area contributed by atoms with Crippen molar-refractivity contribution < 1.29 is 9.18 Å². The topological polar surface area (TPSA) is 35.6 Å². The van der Waals surface area contributed by atoms with Gasteiger partial charge in [-0.05, 0) is 13.0 Å². The summed E-state index contributed by atoms with van der Waals surface area (Å²) in [5, 5.41) is 3.23. The maximum Gasteiger partial charge on any atom is 0.240 e. The van der Waals surface area contributed by atoms with E-state index < -0.39 is 0 Å². The van der Waals surface area contributed by atoms with Crippen LogP contribution in [0.3, 0.4) is 0 Å². The van der Waals surface area contributed by atoms with Gasteiger partial charge < -0.3 is 10.2 Å². The molecule has 2 rings (SSSR count). The molecule has 1 aliphatic heterocycles. The summed E-state index contributed by atoms with van der Waals surface area (Å²) >= 11 is 0. The summed E-state index contributed by atoms with van der Waals surface area (Å²) in [7, 11) is 3.50. The summed E-state index contributed by atoms with van der Waals surface area (Å²) in [5.41, 5.74) is 1.69. The Balaban J connectivity index is 2.16. The fourth-order valence-corrected chi connectivity index (χ4v) is 2.52. The van der Waals surface area contributed by atoms with E-state index in [1.54, 1.807) is 25.1 Å². The molecule has 0 aromatic heterocycles. The van der Waals surface area contributed by atoms with Crippen LogP contribution in [0.25, 0.3) is 0 Å². The first-order valence-electron chi connectivity index (χ1n) is 6.90. The Morgan fingerprint density at radius 2 is 2.25 bits per heavy atom. The highest BCUT2D eigenvalue weighted by atomic mass is 19.1. The van der Waals surface area contributed by atoms with E-state index in [1.165, 1.54) is 6.07 Å². The van der Waals surface area contributed by atoms with Crippen LogP contribution in [0.4, 0.5) is 4.39 Å². The molecule has 1 amide bonds. The Morgan fingerprint density at radius 3 is 2.95 bits per heavy atom. The molecular formula is C15H22FN3O. The van der Waals surface area contributed by atoms with Gasteiger partial charge in [-0.2, -0.15) is 0 Å². The number of piperazine rings is 1. The Kier molecular flexibility index (Phi) is 4.73. The number of rotatable bonds is 3. The monoisotopic (exact) mass is 279 g/mol. The smallest absolute Gasteiger partial charge is 0.240 e. The number of hydrogen-bond donors (Lipinski definition) is 1. The second-order valence-electron chi connectivity index (χ2n) is 5.52. The van der Waals surface area contributed by atoms with Crippen molar-refractivity contribution >= 4 is 5.91 Å². The Hall–Kier alpha value is -1.46. The van der Waals surface area contributed by atoms with Gasteiger partial charge in [0.2, 0.25) is 5.91 Å². The number of nitrogens with zero attached hydrogens (tertiary/aromatic N) is 2. The van der Waals surface area contributed by atoms with Crippen LogP contribution in [-0.2, 0) is 11.3 Å². The molecule has 1 aliphatic rings. The predicted octanol–water partition coefficient (Wildman–Crippen LogP) is 0.996. The number of nitrogens with one attached hydrogen (secondary N) is 1. The normalized spacial score (nSPS) is 19.9. The highest BCUT2D eigenvalue weighted by Gasteiger charge is 2.30. The largest absolute Gasteiger partial charge is 0.347 e. The molecule has 5 heteroatoms. The zero-order valence-corrected chi connectivity index (χ0v) is 12.3. The van der Waals surface area contributed by atoms with Crippen LogP contribution < -0.4 is 5.32 Å². The van der Waals surface area contributed by atoms with Crippen molar-refractivity contribution in [3.8, 4) is 0 Å². The second-order valence-corrected chi connectivity index (χ2v) is 5.52. The van der Waals surface area contributed by atoms with Crippen LogP contribution >= 0.6 is 0 Å². The molecule has 0 bridgehead atoms. The summed E-state index contributed by atoms with van der Waals surface area (Å²) in [6, 6.07) is 4.89. The second kappa shape index (κ2) is 6.33. The van der Waals surface area contributed by atoms with Crippen molar-refractivity contribution in [2.24, 2.45) is 0 Å². The number of benzene rings is 1. The molecular weight excluding hydrogens is 257 g/mol. The lowest BCUT2D eigenvalue weighted by Gasteiger charge is -2.36. The molecule has 1 atom stereocenters. The van der Waals surface area contributed by atoms with Crippen LogP contribution in [0.1, 0.15) is 11.1 Å². The molecule has 1 aromatic rings. The molecule has 0 radical (unpaired) electrons. The number of likely N-dealkylation sites (N-methyl/N-ethyl adjacent to an activating group) is 1. The van der Waals surface area contributed by atoms with E-state index in [4.69, 9.17) is 0 Å². The van der Waals surface area contributed by atoms with E-state index in [1.807, 2.05) is 13.0 Å². The third-order valence-corrected chi connectivity index (χ3v) is 3.65. The summed E-state index contributed by atoms with van der Waals surface area (Å²) in [6.45, 7) is 4.61. The van der Waals surface area contributed by atoms with Crippen LogP contribution in [-0.4, -0.2) is 55.5 Å². The predicted molar refractivity (Wildman–Crippen MR) is 76.9 cm³/mol. The lowest BCUT2D eigenvalue weighted by Crippen LogP contribution is -2.57. The molecule has 1 aromatic carbocycles. The number of halogens is 1. The summed E-state index contributed by atoms with van der Waals surface area (Å²) in [5.74, 6) is -0.143. The Bertz CT molecular complexity index is 490. The number of carbonyl (C=O) groups excluding carboxylic acids is 1. The van der Waals surface area contributed by atoms with Crippen LogP contribution in [0.2, 0.25) is 0 Å². The minimum absolute atomic E-state index is 0.0604. The molecule has 0 spiro atoms. The van der Waals surface area contributed by atoms with Gasteiger partial charge in [0.25, 0.3) is 0 Å². The molecule has 1 heterocycles. The van der Waals surface area contributed by atoms with Gasteiger partial charge in [-0.3, -0.25) is 9.69 Å². The van der Waals surface area contributed by atoms with Gasteiger partial charge in [0, 0.05) is 45.8 Å². The van der Waals surface area contributed by atoms with Gasteiger partial charge in [0.15, 0.2) is 0 Å². The van der Waals surface area contributed by atoms with Crippen molar-refractivity contribution in [1.82, 2.24) is 15.1 Å². The van der Waals surface area contributed by atoms with Crippen LogP contribution in [0, 0.1) is 12.7 Å². The van der Waals surface area contributed by atoms with E-state index >= 15 is 0 Å². The zero-order chi connectivity index (χ0) is 14.7. The Morgan fingerprint density at radius 1 is 1.50 bits per heavy atom. The highest BCUT2D eigenvalue weighted by Crippen LogP contribution is 2.16. The van der Waals surface area contributed by atoms with Gasteiger partial charge in [0.1, 0.15) is 11.9 Å². The van der Waals surface area contributed by atoms with Crippen molar-refractivity contribution in [2.75, 3.05) is 33.7 Å². The third kappa shape index (κ3) is 3.35. The molecule has 1 unspecified atom stereocenters. The molecule has 0 saturated carbocycles. The summed E-state index contributed by atoms with van der Waals surface area (Å²) in [4.78, 5) is 15.8. The van der Waals surface area contributed by atoms with E-state index in [9.17, 15) is 9.18 Å². The lowest BCUT2D eigenvalue weighted by atomic mass is 10.1. The van der Waals surface area contributed by atoms with Gasteiger partial charge in [-0.1, -0.05) is 17.7 Å². The maximum absolute atomic E-state index is 13.9. The van der Waals surface area contributed by atoms with Gasteiger partial charge >= 0.3 is 0 Å². The van der Waals surface area contributed by atoms with Gasteiger partial charge in [0.05, 0.1) is 0 Å². The van der Waals surface area contributed by atoms with Crippen molar-refractivity contribution in [1.29, 1.82) is 0 Å². The van der Waals surface area contributed by atoms with E-state index in [-0.39, 0.29) is 17.8 Å². The first-order chi connectivity index (χ1) is 9.49. The first kappa shape index (κ1) is 14.9. The van der Waals surface area contributed by atoms with Crippen LogP contribution in [0.5, 0.6) is 0 Å². The average molecular weight is 279 g/mol. The van der Waals surface area contributed by atoms with E-state index in [0.29, 0.717) is 18.7 Å². The van der Waals surface area contributed by atoms with Crippen molar-refractivity contribution in [2.45, 2.75) is 19.5 Å². The highest BCUT2D eigenvalue weighted by molar-refractivity contribution is 5.81. The van der Waals surface area contributed by atoms with E-state index in [2.05, 4.69) is 10.2 Å². The molecule has 110 valence electrons. The third-order valence-electron chi connectivity index (χ3n) is 3.65. The van der Waals surface area contributed by atoms with Crippen molar-refractivity contribution in [3.63, 3.8) is 0 Å². The average Bonchev–Trinajstić information content (AvgIpc) is 2.42. The molecule has 20 heavy (non-hydrogen) atoms. The minimum Gasteiger partial charge on any atom is -0.347 e. The summed E-state index contributed by atoms with van der Waals surface area (Å²) in [6.07, 6.45) is 0. The molecule has 1 fully saturated rings. The molecule has 1 N–H and O–H groups in total. The molecule has 1 saturated heterocycles. The fourth-order valence-electron chi connectivity index (χ4n) is 2.52. The SMILES string of the molecule is Cc1ccc(F)c(CN2CCNCC2C(=O)N(C)C)c1. The molecule has 4 nitrogen and oxygen atoms in total. The Labute approximate surface area is 119 Å². The van der Waals surface area contributed by atoms with Gasteiger partial charge in [-0.25, -0.2) is 4.39 Å². The fraction of sp³-hybridized carbons (Fsp3) is 0.533. The quantitative estimate of drug-likeness (QED) is 0.896. The number of amides is 1. The number of carbonyl (C=O) groups is 1. The van der Waals surface area contributed by atoms with Gasteiger partial charge in [-0.15, -0.1) is 0 Å². The number of hydrogen-bond acceptors (Lipinski definition) is 3. The van der Waals surface area contributed by atoms with Crippen LogP contribution in [0.15, 0.2) is 18.2 Å². The van der Waals surface area contributed by atoms with E-state index in [0.717, 1.165) is 18.7 Å². The zero-order valence-electron chi connectivity index (χ0n) is 12.3. The standard InChI is InChI=1S/C15H22FN3O/c1-11-4-5-13(16)12(8-11)10-19-7-6-17-9-14(19)15(20)18(2)3/h4-5,8,14,17H,6-7,9-10H2,1-3H3. The summed E-state index contributed by atoms with van der Waals surface area (Å²) < 4.78 is 13.9. The van der Waals surface area contributed by atoms with Crippen molar-refractivity contribution in [3.05, 3.63) is 35.1 Å².